The van der Waals surface area contributed by atoms with Crippen LogP contribution in [0.4, 0.5) is 10.5 Å². The van der Waals surface area contributed by atoms with Crippen LogP contribution in [-0.2, 0) is 11.2 Å². The lowest BCUT2D eigenvalue weighted by molar-refractivity contribution is -0.118. The second-order valence-electron chi connectivity index (χ2n) is 7.24. The van der Waals surface area contributed by atoms with Crippen LogP contribution in [0.1, 0.15) is 24.0 Å². The Kier molecular flexibility index (Phi) is 6.86. The molecule has 0 radical (unpaired) electrons. The van der Waals surface area contributed by atoms with E-state index in [1.165, 1.54) is 0 Å². The summed E-state index contributed by atoms with van der Waals surface area (Å²) in [4.78, 5) is 23.0. The summed E-state index contributed by atoms with van der Waals surface area (Å²) in [6, 6.07) is 22.3. The van der Waals surface area contributed by atoms with E-state index in [2.05, 4.69) is 47.0 Å². The molecule has 0 fully saturated rings. The number of anilines is 1. The molecule has 0 bridgehead atoms. The van der Waals surface area contributed by atoms with Crippen LogP contribution >= 0.6 is 0 Å². The normalized spacial score (nSPS) is 10.5. The Labute approximate surface area is 177 Å². The average molecular weight is 402 g/mol. The lowest BCUT2D eigenvalue weighted by Gasteiger charge is -2.18. The number of nitrogens with two attached hydrogens (primary N) is 1. The molecular formula is C25H27N3O2. The Hall–Kier alpha value is -3.60. The summed E-state index contributed by atoms with van der Waals surface area (Å²) in [5, 5.41) is 5.47. The standard InChI is InChI=1S/C25H27N3O2/c1-17-22(28-25(30)27-2)16-15-20(9-6-10-23(26)29)24(17)21-13-11-19(12-14-21)18-7-4-3-5-8-18/h3-5,7-8,11-16H,6,9-10H2,1-2H3,(H2,26,29)(H2,27,28,30). The van der Waals surface area contributed by atoms with Crippen LogP contribution in [-0.4, -0.2) is 19.0 Å². The highest BCUT2D eigenvalue weighted by Crippen LogP contribution is 2.34. The van der Waals surface area contributed by atoms with Crippen LogP contribution in [0.3, 0.4) is 0 Å². The van der Waals surface area contributed by atoms with Gasteiger partial charge in [0.15, 0.2) is 0 Å². The lowest BCUT2D eigenvalue weighted by atomic mass is 9.90. The quantitative estimate of drug-likeness (QED) is 0.527. The molecule has 0 aliphatic rings. The molecule has 0 aromatic heterocycles. The van der Waals surface area contributed by atoms with Crippen LogP contribution in [0.15, 0.2) is 66.7 Å². The maximum atomic E-state index is 11.8. The molecule has 0 atom stereocenters. The minimum absolute atomic E-state index is 0.259. The predicted molar refractivity (Wildman–Crippen MR) is 122 cm³/mol. The number of urea groups is 1. The first kappa shape index (κ1) is 21.1. The van der Waals surface area contributed by atoms with Crippen LogP contribution in [0.5, 0.6) is 0 Å². The SMILES string of the molecule is CNC(=O)Nc1ccc(CCCC(N)=O)c(-c2ccc(-c3ccccc3)cc2)c1C. The van der Waals surface area contributed by atoms with Gasteiger partial charge in [-0.05, 0) is 59.2 Å². The molecule has 30 heavy (non-hydrogen) atoms. The number of carbonyl (C=O) groups excluding carboxylic acids is 2. The van der Waals surface area contributed by atoms with Crippen molar-refractivity contribution in [3.8, 4) is 22.3 Å². The van der Waals surface area contributed by atoms with E-state index >= 15 is 0 Å². The number of hydrogen-bond acceptors (Lipinski definition) is 2. The minimum Gasteiger partial charge on any atom is -0.370 e. The average Bonchev–Trinajstić information content (AvgIpc) is 2.76. The van der Waals surface area contributed by atoms with Gasteiger partial charge in [-0.15, -0.1) is 0 Å². The van der Waals surface area contributed by atoms with E-state index in [-0.39, 0.29) is 11.9 Å². The Morgan fingerprint density at radius 3 is 2.13 bits per heavy atom. The van der Waals surface area contributed by atoms with E-state index in [1.807, 2.05) is 37.3 Å². The molecule has 0 aliphatic carbocycles. The van der Waals surface area contributed by atoms with Gasteiger partial charge in [-0.25, -0.2) is 4.79 Å². The molecule has 5 nitrogen and oxygen atoms in total. The molecule has 3 amide bonds. The zero-order valence-electron chi connectivity index (χ0n) is 17.4. The smallest absolute Gasteiger partial charge is 0.318 e. The van der Waals surface area contributed by atoms with Gasteiger partial charge in [0.1, 0.15) is 0 Å². The number of carbonyl (C=O) groups is 2. The molecule has 4 N–H and O–H groups in total. The molecule has 0 saturated heterocycles. The topological polar surface area (TPSA) is 84.2 Å². The molecule has 0 heterocycles. The first-order valence-corrected chi connectivity index (χ1v) is 10.0. The fraction of sp³-hybridized carbons (Fsp3) is 0.200. The number of benzene rings is 3. The van der Waals surface area contributed by atoms with Crippen molar-refractivity contribution in [3.05, 3.63) is 77.9 Å². The van der Waals surface area contributed by atoms with Gasteiger partial charge in [0.2, 0.25) is 5.91 Å². The Balaban J connectivity index is 1.99. The number of primary amides is 1. The van der Waals surface area contributed by atoms with Crippen molar-refractivity contribution < 1.29 is 9.59 Å². The van der Waals surface area contributed by atoms with Gasteiger partial charge in [0, 0.05) is 19.2 Å². The summed E-state index contributed by atoms with van der Waals surface area (Å²) in [6.45, 7) is 2.00. The zero-order valence-corrected chi connectivity index (χ0v) is 17.4. The highest BCUT2D eigenvalue weighted by Gasteiger charge is 2.14. The molecule has 0 saturated carbocycles. The molecule has 5 heteroatoms. The number of rotatable bonds is 7. The van der Waals surface area contributed by atoms with E-state index in [0.717, 1.165) is 45.5 Å². The van der Waals surface area contributed by atoms with Gasteiger partial charge >= 0.3 is 6.03 Å². The van der Waals surface area contributed by atoms with Crippen LogP contribution in [0.25, 0.3) is 22.3 Å². The van der Waals surface area contributed by atoms with Crippen molar-refractivity contribution in [1.29, 1.82) is 0 Å². The van der Waals surface area contributed by atoms with Gasteiger partial charge in [0.05, 0.1) is 0 Å². The summed E-state index contributed by atoms with van der Waals surface area (Å²) < 4.78 is 0. The predicted octanol–water partition coefficient (Wildman–Crippen LogP) is 4.89. The van der Waals surface area contributed by atoms with Crippen molar-refractivity contribution in [3.63, 3.8) is 0 Å². The summed E-state index contributed by atoms with van der Waals surface area (Å²) in [6.07, 6.45) is 1.77. The fourth-order valence-electron chi connectivity index (χ4n) is 3.61. The highest BCUT2D eigenvalue weighted by molar-refractivity contribution is 5.92. The van der Waals surface area contributed by atoms with Gasteiger partial charge in [-0.2, -0.15) is 0 Å². The molecule has 0 spiro atoms. The van der Waals surface area contributed by atoms with E-state index in [9.17, 15) is 9.59 Å². The summed E-state index contributed by atoms with van der Waals surface area (Å²) in [5.41, 5.74) is 12.6. The maximum Gasteiger partial charge on any atom is 0.318 e. The van der Waals surface area contributed by atoms with Crippen molar-refractivity contribution in [2.24, 2.45) is 5.73 Å². The number of hydrogen-bond donors (Lipinski definition) is 3. The molecule has 0 unspecified atom stereocenters. The third-order valence-electron chi connectivity index (χ3n) is 5.18. The number of amides is 3. The lowest BCUT2D eigenvalue weighted by Crippen LogP contribution is -2.25. The zero-order chi connectivity index (χ0) is 21.5. The Bertz CT molecular complexity index is 1030. The van der Waals surface area contributed by atoms with Gasteiger partial charge < -0.3 is 16.4 Å². The van der Waals surface area contributed by atoms with Crippen LogP contribution in [0.2, 0.25) is 0 Å². The second-order valence-corrected chi connectivity index (χ2v) is 7.24. The van der Waals surface area contributed by atoms with E-state index < -0.39 is 0 Å². The van der Waals surface area contributed by atoms with E-state index in [4.69, 9.17) is 5.73 Å². The summed E-state index contributed by atoms with van der Waals surface area (Å²) in [5.74, 6) is -0.293. The second kappa shape index (κ2) is 9.74. The Morgan fingerprint density at radius 1 is 0.867 bits per heavy atom. The first-order chi connectivity index (χ1) is 14.5. The number of nitrogens with one attached hydrogen (secondary N) is 2. The van der Waals surface area contributed by atoms with Crippen LogP contribution in [0, 0.1) is 6.92 Å². The van der Waals surface area contributed by atoms with Crippen LogP contribution < -0.4 is 16.4 Å². The largest absolute Gasteiger partial charge is 0.370 e. The van der Waals surface area contributed by atoms with Gasteiger partial charge in [-0.3, -0.25) is 4.79 Å². The summed E-state index contributed by atoms with van der Waals surface area (Å²) >= 11 is 0. The third kappa shape index (κ3) is 5.06. The molecule has 154 valence electrons. The van der Waals surface area contributed by atoms with E-state index in [1.54, 1.807) is 7.05 Å². The summed E-state index contributed by atoms with van der Waals surface area (Å²) in [7, 11) is 1.59. The maximum absolute atomic E-state index is 11.8. The van der Waals surface area contributed by atoms with Crippen molar-refractivity contribution in [2.75, 3.05) is 12.4 Å². The van der Waals surface area contributed by atoms with Crippen molar-refractivity contribution in [2.45, 2.75) is 26.2 Å². The van der Waals surface area contributed by atoms with Crippen molar-refractivity contribution in [1.82, 2.24) is 5.32 Å². The fourth-order valence-corrected chi connectivity index (χ4v) is 3.61. The monoisotopic (exact) mass is 401 g/mol. The number of aryl methyl sites for hydroxylation is 1. The molecule has 3 aromatic carbocycles. The van der Waals surface area contributed by atoms with E-state index in [0.29, 0.717) is 12.8 Å². The van der Waals surface area contributed by atoms with Gasteiger partial charge in [0.25, 0.3) is 0 Å². The van der Waals surface area contributed by atoms with Crippen molar-refractivity contribution >= 4 is 17.6 Å². The first-order valence-electron chi connectivity index (χ1n) is 10.0. The molecule has 0 aliphatic heterocycles. The van der Waals surface area contributed by atoms with Gasteiger partial charge in [-0.1, -0.05) is 60.7 Å². The highest BCUT2D eigenvalue weighted by atomic mass is 16.2. The third-order valence-corrected chi connectivity index (χ3v) is 5.18. The minimum atomic E-state index is -0.293. The molecular weight excluding hydrogens is 374 g/mol. The molecule has 3 aromatic rings. The molecule has 3 rings (SSSR count). The Morgan fingerprint density at radius 2 is 1.50 bits per heavy atom.